The van der Waals surface area contributed by atoms with E-state index in [9.17, 15) is 4.79 Å². The first-order chi connectivity index (χ1) is 18.9. The average Bonchev–Trinajstić information content (AvgIpc) is 3.32. The summed E-state index contributed by atoms with van der Waals surface area (Å²) in [5.74, 6) is 2.02. The summed E-state index contributed by atoms with van der Waals surface area (Å²) in [6.07, 6.45) is 2.52. The molecule has 0 spiro atoms. The van der Waals surface area contributed by atoms with Crippen LogP contribution in [0.4, 0.5) is 5.95 Å². The van der Waals surface area contributed by atoms with Crippen molar-refractivity contribution in [2.75, 3.05) is 24.3 Å². The summed E-state index contributed by atoms with van der Waals surface area (Å²) in [5, 5.41) is 9.65. The molecule has 0 fully saturated rings. The van der Waals surface area contributed by atoms with Gasteiger partial charge in [0.05, 0.1) is 12.2 Å². The summed E-state index contributed by atoms with van der Waals surface area (Å²) in [4.78, 5) is 17.9. The quantitative estimate of drug-likeness (QED) is 0.136. The molecule has 0 aliphatic carbocycles. The zero-order valence-corrected chi connectivity index (χ0v) is 24.3. The van der Waals surface area contributed by atoms with Gasteiger partial charge in [0.1, 0.15) is 19.3 Å². The Morgan fingerprint density at radius 3 is 2.72 bits per heavy atom. The smallest absolute Gasteiger partial charge is 0.338 e. The van der Waals surface area contributed by atoms with Crippen molar-refractivity contribution in [1.29, 1.82) is 0 Å². The Kier molecular flexibility index (Phi) is 9.83. The molecule has 4 rings (SSSR count). The lowest BCUT2D eigenvalue weighted by molar-refractivity contribution is -0.138. The van der Waals surface area contributed by atoms with Crippen LogP contribution in [0.2, 0.25) is 10.0 Å². The van der Waals surface area contributed by atoms with Crippen LogP contribution in [0, 0.1) is 0 Å². The third kappa shape index (κ3) is 6.72. The van der Waals surface area contributed by atoms with Crippen molar-refractivity contribution >= 4 is 46.9 Å². The first kappa shape index (κ1) is 28.9. The number of fused-ring (bicyclic) bond motifs is 1. The molecule has 1 N–H and O–H groups in total. The van der Waals surface area contributed by atoms with Crippen molar-refractivity contribution in [3.05, 3.63) is 81.5 Å². The third-order valence-corrected chi connectivity index (χ3v) is 7.43. The highest BCUT2D eigenvalue weighted by atomic mass is 35.5. The largest absolute Gasteiger partial charge is 0.490 e. The maximum Gasteiger partial charge on any atom is 0.338 e. The number of carbonyl (C=O) groups is 1. The predicted molar refractivity (Wildman–Crippen MR) is 155 cm³/mol. The van der Waals surface area contributed by atoms with Gasteiger partial charge in [-0.1, -0.05) is 66.7 Å². The molecule has 2 heterocycles. The second-order valence-electron chi connectivity index (χ2n) is 8.63. The average molecular weight is 590 g/mol. The van der Waals surface area contributed by atoms with E-state index >= 15 is 0 Å². The highest BCUT2D eigenvalue weighted by molar-refractivity contribution is 7.99. The number of esters is 1. The second-order valence-corrected chi connectivity index (χ2v) is 10.5. The van der Waals surface area contributed by atoms with Gasteiger partial charge in [-0.2, -0.15) is 4.98 Å². The minimum Gasteiger partial charge on any atom is -0.490 e. The molecule has 11 heteroatoms. The van der Waals surface area contributed by atoms with Crippen molar-refractivity contribution in [2.24, 2.45) is 0 Å². The Morgan fingerprint density at radius 2 is 2.00 bits per heavy atom. The SMILES string of the molecule is C=CCOC(=O)C1=C(C)Nc2nc(SCCC)nn2C1c1ccc(OCc2ccc(Cl)cc2Cl)c(OCC)c1. The van der Waals surface area contributed by atoms with E-state index in [2.05, 4.69) is 23.8 Å². The fraction of sp³-hybridized carbons (Fsp3) is 0.321. The van der Waals surface area contributed by atoms with E-state index in [1.54, 1.807) is 28.6 Å². The summed E-state index contributed by atoms with van der Waals surface area (Å²) >= 11 is 13.9. The molecule has 0 saturated carbocycles. The number of rotatable bonds is 12. The zero-order chi connectivity index (χ0) is 27.9. The Balaban J connectivity index is 1.72. The number of nitrogens with zero attached hydrogens (tertiary/aromatic N) is 3. The summed E-state index contributed by atoms with van der Waals surface area (Å²) in [6, 6.07) is 10.2. The van der Waals surface area contributed by atoms with Crippen LogP contribution in [0.5, 0.6) is 11.5 Å². The van der Waals surface area contributed by atoms with Gasteiger partial charge >= 0.3 is 5.97 Å². The van der Waals surface area contributed by atoms with E-state index in [1.807, 2.05) is 38.1 Å². The first-order valence-electron chi connectivity index (χ1n) is 12.5. The Morgan fingerprint density at radius 1 is 1.18 bits per heavy atom. The van der Waals surface area contributed by atoms with Crippen LogP contribution >= 0.6 is 35.0 Å². The molecule has 0 saturated heterocycles. The van der Waals surface area contributed by atoms with Crippen LogP contribution in [0.15, 0.2) is 65.5 Å². The lowest BCUT2D eigenvalue weighted by Gasteiger charge is -2.28. The Labute approximate surface area is 242 Å². The monoisotopic (exact) mass is 588 g/mol. The maximum atomic E-state index is 13.2. The Hall–Kier alpha value is -3.14. The molecule has 0 radical (unpaired) electrons. The van der Waals surface area contributed by atoms with Gasteiger partial charge in [0, 0.05) is 27.1 Å². The van der Waals surface area contributed by atoms with Crippen LogP contribution < -0.4 is 14.8 Å². The fourth-order valence-electron chi connectivity index (χ4n) is 4.05. The standard InChI is InChI=1S/C28H30Cl2N4O4S/c1-5-12-37-26(35)24-17(4)31-27-32-28(39-13-6-2)33-34(27)25(24)18-9-11-22(23(14-18)36-7-3)38-16-19-8-10-20(29)15-21(19)30/h5,8-11,14-15,25H,1,6-7,12-13,16H2,2-4H3,(H,31,32,33). The van der Waals surface area contributed by atoms with Gasteiger partial charge in [0.15, 0.2) is 11.5 Å². The first-order valence-corrected chi connectivity index (χ1v) is 14.3. The normalized spacial score (nSPS) is 14.4. The van der Waals surface area contributed by atoms with Crippen molar-refractivity contribution in [3.8, 4) is 11.5 Å². The van der Waals surface area contributed by atoms with Gasteiger partial charge in [0.2, 0.25) is 11.1 Å². The number of thioether (sulfide) groups is 1. The van der Waals surface area contributed by atoms with Gasteiger partial charge in [-0.3, -0.25) is 0 Å². The predicted octanol–water partition coefficient (Wildman–Crippen LogP) is 7.08. The van der Waals surface area contributed by atoms with Crippen molar-refractivity contribution < 1.29 is 19.0 Å². The number of ether oxygens (including phenoxy) is 3. The molecule has 1 aliphatic rings. The van der Waals surface area contributed by atoms with E-state index in [4.69, 9.17) is 42.5 Å². The van der Waals surface area contributed by atoms with Gasteiger partial charge in [0.25, 0.3) is 0 Å². The molecular weight excluding hydrogens is 559 g/mol. The van der Waals surface area contributed by atoms with Gasteiger partial charge in [-0.05, 0) is 50.1 Å². The van der Waals surface area contributed by atoms with E-state index in [1.165, 1.54) is 6.08 Å². The fourth-order valence-corrected chi connectivity index (χ4v) is 5.19. The Bertz CT molecular complexity index is 1390. The van der Waals surface area contributed by atoms with E-state index in [0.29, 0.717) is 50.5 Å². The number of benzene rings is 2. The topological polar surface area (TPSA) is 87.5 Å². The lowest BCUT2D eigenvalue weighted by Crippen LogP contribution is -2.29. The van der Waals surface area contributed by atoms with E-state index in [0.717, 1.165) is 23.3 Å². The summed E-state index contributed by atoms with van der Waals surface area (Å²) in [6.45, 7) is 10.2. The molecule has 3 aromatic rings. The molecule has 0 bridgehead atoms. The number of halogens is 2. The van der Waals surface area contributed by atoms with Crippen molar-refractivity contribution in [3.63, 3.8) is 0 Å². The van der Waals surface area contributed by atoms with Crippen LogP contribution in [0.25, 0.3) is 0 Å². The molecule has 8 nitrogen and oxygen atoms in total. The molecule has 1 aliphatic heterocycles. The number of anilines is 1. The summed E-state index contributed by atoms with van der Waals surface area (Å²) in [5.41, 5.74) is 2.61. The van der Waals surface area contributed by atoms with Crippen LogP contribution in [0.1, 0.15) is 44.4 Å². The number of carbonyl (C=O) groups excluding carboxylic acids is 1. The lowest BCUT2D eigenvalue weighted by atomic mass is 9.95. The van der Waals surface area contributed by atoms with Crippen molar-refractivity contribution in [1.82, 2.24) is 14.8 Å². The molecular formula is C28H30Cl2N4O4S. The number of allylic oxidation sites excluding steroid dienone is 1. The van der Waals surface area contributed by atoms with Crippen molar-refractivity contribution in [2.45, 2.75) is 45.0 Å². The van der Waals surface area contributed by atoms with Gasteiger partial charge < -0.3 is 19.5 Å². The second kappa shape index (κ2) is 13.3. The molecule has 1 atom stereocenters. The van der Waals surface area contributed by atoms with Crippen LogP contribution in [-0.4, -0.2) is 39.7 Å². The molecule has 206 valence electrons. The third-order valence-electron chi connectivity index (χ3n) is 5.80. The molecule has 0 amide bonds. The molecule has 1 unspecified atom stereocenters. The number of hydrogen-bond donors (Lipinski definition) is 1. The number of aromatic nitrogens is 3. The van der Waals surface area contributed by atoms with Gasteiger partial charge in [-0.15, -0.1) is 5.10 Å². The number of hydrogen-bond acceptors (Lipinski definition) is 8. The molecule has 2 aromatic carbocycles. The summed E-state index contributed by atoms with van der Waals surface area (Å²) in [7, 11) is 0. The van der Waals surface area contributed by atoms with Crippen LogP contribution in [0.3, 0.4) is 0 Å². The minimum atomic E-state index is -0.596. The molecule has 1 aromatic heterocycles. The summed E-state index contributed by atoms with van der Waals surface area (Å²) < 4.78 is 19.2. The van der Waals surface area contributed by atoms with E-state index in [-0.39, 0.29) is 13.2 Å². The van der Waals surface area contributed by atoms with Gasteiger partial charge in [-0.25, -0.2) is 9.48 Å². The number of nitrogens with one attached hydrogen (secondary N) is 1. The molecule has 39 heavy (non-hydrogen) atoms. The maximum absolute atomic E-state index is 13.2. The highest BCUT2D eigenvalue weighted by Crippen LogP contribution is 2.40. The zero-order valence-electron chi connectivity index (χ0n) is 22.0. The minimum absolute atomic E-state index is 0.0916. The van der Waals surface area contributed by atoms with Crippen LogP contribution in [-0.2, 0) is 16.1 Å². The highest BCUT2D eigenvalue weighted by Gasteiger charge is 2.35. The van der Waals surface area contributed by atoms with E-state index < -0.39 is 12.0 Å².